The van der Waals surface area contributed by atoms with E-state index in [1.807, 2.05) is 13.8 Å². The van der Waals surface area contributed by atoms with E-state index in [-0.39, 0.29) is 22.6 Å². The number of fused-ring (bicyclic) bond motifs is 1. The third kappa shape index (κ3) is 2.79. The standard InChI is InChI=1S/C25H22O6/c1-12-5-9-19(26)14(3)21(12)25(22-13(2)6-10-20(27)15(22)4)18-11-16(23(28)29)7-8-17(18)24(30)31-25/h5-11,26-27H,1-4H3,(H,28,29). The number of aromatic hydroxyl groups is 2. The molecule has 1 aliphatic heterocycles. The summed E-state index contributed by atoms with van der Waals surface area (Å²) in [5.41, 5.74) is 2.67. The molecule has 0 bridgehead atoms. The van der Waals surface area contributed by atoms with Crippen LogP contribution in [0.4, 0.5) is 0 Å². The molecule has 0 aliphatic carbocycles. The lowest BCUT2D eigenvalue weighted by Crippen LogP contribution is -2.33. The Bertz CT molecular complexity index is 1210. The lowest BCUT2D eigenvalue weighted by molar-refractivity contribution is 0.0243. The number of carbonyl (C=O) groups is 2. The van der Waals surface area contributed by atoms with E-state index in [9.17, 15) is 24.9 Å². The fourth-order valence-corrected chi connectivity index (χ4v) is 4.65. The van der Waals surface area contributed by atoms with E-state index in [2.05, 4.69) is 0 Å². The summed E-state index contributed by atoms with van der Waals surface area (Å²) in [6.45, 7) is 7.12. The van der Waals surface area contributed by atoms with Gasteiger partial charge in [0.15, 0.2) is 5.60 Å². The molecule has 0 saturated carbocycles. The highest BCUT2D eigenvalue weighted by Crippen LogP contribution is 2.52. The molecule has 0 unspecified atom stereocenters. The maximum absolute atomic E-state index is 13.0. The largest absolute Gasteiger partial charge is 0.508 e. The van der Waals surface area contributed by atoms with Crippen molar-refractivity contribution in [1.29, 1.82) is 0 Å². The summed E-state index contributed by atoms with van der Waals surface area (Å²) >= 11 is 0. The van der Waals surface area contributed by atoms with Gasteiger partial charge in [0, 0.05) is 16.7 Å². The van der Waals surface area contributed by atoms with Crippen LogP contribution >= 0.6 is 0 Å². The van der Waals surface area contributed by atoms with Crippen LogP contribution in [0, 0.1) is 27.7 Å². The van der Waals surface area contributed by atoms with Gasteiger partial charge in [-0.2, -0.15) is 0 Å². The minimum atomic E-state index is -1.53. The van der Waals surface area contributed by atoms with Gasteiger partial charge >= 0.3 is 11.9 Å². The number of phenolic OH excluding ortho intramolecular Hbond substituents is 2. The fourth-order valence-electron chi connectivity index (χ4n) is 4.65. The number of carboxylic acid groups (broad SMARTS) is 1. The average molecular weight is 418 g/mol. The van der Waals surface area contributed by atoms with Crippen LogP contribution < -0.4 is 0 Å². The lowest BCUT2D eigenvalue weighted by atomic mass is 9.73. The van der Waals surface area contributed by atoms with E-state index < -0.39 is 17.5 Å². The van der Waals surface area contributed by atoms with Crippen molar-refractivity contribution in [2.24, 2.45) is 0 Å². The summed E-state index contributed by atoms with van der Waals surface area (Å²) in [5.74, 6) is -1.69. The molecule has 3 aromatic rings. The second-order valence-electron chi connectivity index (χ2n) is 7.94. The van der Waals surface area contributed by atoms with Crippen LogP contribution in [-0.4, -0.2) is 27.3 Å². The van der Waals surface area contributed by atoms with E-state index in [0.717, 1.165) is 11.1 Å². The van der Waals surface area contributed by atoms with Gasteiger partial charge in [0.1, 0.15) is 11.5 Å². The summed E-state index contributed by atoms with van der Waals surface area (Å²) in [6, 6.07) is 10.8. The van der Waals surface area contributed by atoms with E-state index in [1.54, 1.807) is 38.1 Å². The first kappa shape index (κ1) is 20.5. The molecule has 3 aromatic carbocycles. The van der Waals surface area contributed by atoms with Crippen molar-refractivity contribution in [3.8, 4) is 11.5 Å². The van der Waals surface area contributed by atoms with Gasteiger partial charge in [-0.3, -0.25) is 0 Å². The fraction of sp³-hybridized carbons (Fsp3) is 0.200. The molecule has 31 heavy (non-hydrogen) atoms. The van der Waals surface area contributed by atoms with Crippen molar-refractivity contribution >= 4 is 11.9 Å². The predicted octanol–water partition coefficient (Wildman–Crippen LogP) is 4.49. The number of cyclic esters (lactones) is 1. The first-order chi connectivity index (χ1) is 14.6. The molecule has 0 amide bonds. The Balaban J connectivity index is 2.25. The predicted molar refractivity (Wildman–Crippen MR) is 114 cm³/mol. The SMILES string of the molecule is Cc1ccc(O)c(C)c1C1(c2c(C)ccc(O)c2C)OC(=O)c2ccc(C(=O)O)cc21. The molecule has 4 rings (SSSR count). The highest BCUT2D eigenvalue weighted by atomic mass is 16.6. The number of esters is 1. The second kappa shape index (κ2) is 6.87. The molecule has 0 radical (unpaired) electrons. The molecular formula is C25H22O6. The van der Waals surface area contributed by atoms with Gasteiger partial charge in [-0.1, -0.05) is 12.1 Å². The van der Waals surface area contributed by atoms with Crippen molar-refractivity contribution < 1.29 is 29.6 Å². The minimum Gasteiger partial charge on any atom is -0.508 e. The van der Waals surface area contributed by atoms with Gasteiger partial charge in [0.25, 0.3) is 0 Å². The molecule has 3 N–H and O–H groups in total. The third-order valence-corrected chi connectivity index (χ3v) is 6.11. The number of carbonyl (C=O) groups excluding carboxylic acids is 1. The first-order valence-electron chi connectivity index (χ1n) is 9.80. The van der Waals surface area contributed by atoms with E-state index in [0.29, 0.717) is 27.8 Å². The molecule has 6 heteroatoms. The average Bonchev–Trinajstić information content (AvgIpc) is 3.00. The smallest absolute Gasteiger partial charge is 0.340 e. The Hall–Kier alpha value is -3.80. The van der Waals surface area contributed by atoms with Crippen molar-refractivity contribution in [3.05, 3.63) is 92.5 Å². The highest BCUT2D eigenvalue weighted by molar-refractivity contribution is 5.99. The zero-order valence-corrected chi connectivity index (χ0v) is 17.6. The molecule has 0 spiro atoms. The monoisotopic (exact) mass is 418 g/mol. The highest BCUT2D eigenvalue weighted by Gasteiger charge is 2.52. The first-order valence-corrected chi connectivity index (χ1v) is 9.80. The van der Waals surface area contributed by atoms with Crippen molar-refractivity contribution in [3.63, 3.8) is 0 Å². The van der Waals surface area contributed by atoms with E-state index >= 15 is 0 Å². The molecule has 158 valence electrons. The number of hydrogen-bond acceptors (Lipinski definition) is 5. The molecule has 0 aromatic heterocycles. The van der Waals surface area contributed by atoms with Crippen LogP contribution in [0.15, 0.2) is 42.5 Å². The maximum atomic E-state index is 13.0. The Morgan fingerprint density at radius 2 is 1.35 bits per heavy atom. The Kier molecular flexibility index (Phi) is 4.54. The lowest BCUT2D eigenvalue weighted by Gasteiger charge is -2.35. The number of phenols is 2. The number of rotatable bonds is 3. The molecule has 0 fully saturated rings. The van der Waals surface area contributed by atoms with Gasteiger partial charge in [-0.25, -0.2) is 9.59 Å². The zero-order valence-electron chi connectivity index (χ0n) is 17.6. The quantitative estimate of drug-likeness (QED) is 0.542. The Labute approximate surface area is 179 Å². The summed E-state index contributed by atoms with van der Waals surface area (Å²) in [4.78, 5) is 24.8. The van der Waals surface area contributed by atoms with Gasteiger partial charge in [-0.05, 0) is 80.3 Å². The van der Waals surface area contributed by atoms with Crippen LogP contribution in [0.5, 0.6) is 11.5 Å². The molecule has 6 nitrogen and oxygen atoms in total. The summed E-state index contributed by atoms with van der Waals surface area (Å²) < 4.78 is 6.11. The number of aryl methyl sites for hydroxylation is 2. The minimum absolute atomic E-state index is 0.00680. The normalized spacial score (nSPS) is 14.3. The summed E-state index contributed by atoms with van der Waals surface area (Å²) in [6.07, 6.45) is 0. The van der Waals surface area contributed by atoms with E-state index in [4.69, 9.17) is 4.74 Å². The molecule has 0 atom stereocenters. The van der Waals surface area contributed by atoms with Crippen LogP contribution in [0.1, 0.15) is 59.7 Å². The van der Waals surface area contributed by atoms with Crippen molar-refractivity contribution in [2.75, 3.05) is 0 Å². The number of aromatic carboxylic acids is 1. The Morgan fingerprint density at radius 3 is 1.84 bits per heavy atom. The van der Waals surface area contributed by atoms with Crippen LogP contribution in [0.3, 0.4) is 0 Å². The molecular weight excluding hydrogens is 396 g/mol. The molecule has 1 heterocycles. The Morgan fingerprint density at radius 1 is 0.839 bits per heavy atom. The third-order valence-electron chi connectivity index (χ3n) is 6.11. The van der Waals surface area contributed by atoms with Crippen LogP contribution in [-0.2, 0) is 10.3 Å². The van der Waals surface area contributed by atoms with Gasteiger partial charge in [0.2, 0.25) is 0 Å². The van der Waals surface area contributed by atoms with Crippen LogP contribution in [0.25, 0.3) is 0 Å². The number of hydrogen-bond donors (Lipinski definition) is 3. The number of ether oxygens (including phenoxy) is 1. The summed E-state index contributed by atoms with van der Waals surface area (Å²) in [5, 5.41) is 30.6. The van der Waals surface area contributed by atoms with E-state index in [1.165, 1.54) is 18.2 Å². The van der Waals surface area contributed by atoms with Crippen molar-refractivity contribution in [1.82, 2.24) is 0 Å². The van der Waals surface area contributed by atoms with Gasteiger partial charge < -0.3 is 20.1 Å². The molecule has 0 saturated heterocycles. The number of carboxylic acids is 1. The van der Waals surface area contributed by atoms with Gasteiger partial charge in [0.05, 0.1) is 11.1 Å². The topological polar surface area (TPSA) is 104 Å². The maximum Gasteiger partial charge on any atom is 0.340 e. The van der Waals surface area contributed by atoms with Gasteiger partial charge in [-0.15, -0.1) is 0 Å². The second-order valence-corrected chi connectivity index (χ2v) is 7.94. The number of benzene rings is 3. The zero-order chi connectivity index (χ0) is 22.7. The van der Waals surface area contributed by atoms with Crippen molar-refractivity contribution in [2.45, 2.75) is 33.3 Å². The molecule has 1 aliphatic rings. The summed E-state index contributed by atoms with van der Waals surface area (Å²) in [7, 11) is 0. The van der Waals surface area contributed by atoms with Crippen LogP contribution in [0.2, 0.25) is 0 Å².